The van der Waals surface area contributed by atoms with E-state index in [4.69, 9.17) is 16.3 Å². The Kier molecular flexibility index (Phi) is 4.22. The van der Waals surface area contributed by atoms with Crippen molar-refractivity contribution >= 4 is 33.8 Å². The minimum absolute atomic E-state index is 0.0206. The fourth-order valence-electron chi connectivity index (χ4n) is 1.56. The lowest BCUT2D eigenvalue weighted by Gasteiger charge is -2.11. The Balaban J connectivity index is 2.36. The van der Waals surface area contributed by atoms with Crippen molar-refractivity contribution in [1.29, 1.82) is 0 Å². The Morgan fingerprint density at radius 3 is 2.63 bits per heavy atom. The van der Waals surface area contributed by atoms with E-state index in [-0.39, 0.29) is 5.02 Å². The van der Waals surface area contributed by atoms with Gasteiger partial charge in [0.2, 0.25) is 0 Å². The van der Waals surface area contributed by atoms with E-state index in [9.17, 15) is 9.18 Å². The molecule has 98 valence electrons. The summed E-state index contributed by atoms with van der Waals surface area (Å²) in [5, 5.41) is 0.0206. The minimum Gasteiger partial charge on any atom is -0.456 e. The number of ether oxygens (including phenoxy) is 1. The molecule has 0 aliphatic heterocycles. The van der Waals surface area contributed by atoms with Gasteiger partial charge in [-0.2, -0.15) is 0 Å². The van der Waals surface area contributed by atoms with E-state index >= 15 is 0 Å². The van der Waals surface area contributed by atoms with Crippen LogP contribution in [0.25, 0.3) is 0 Å². The van der Waals surface area contributed by atoms with Crippen LogP contribution in [0.15, 0.2) is 34.8 Å². The highest BCUT2D eigenvalue weighted by Gasteiger charge is 2.10. The zero-order valence-electron chi connectivity index (χ0n) is 9.91. The molecule has 0 aliphatic carbocycles. The number of carbonyl (C=O) groups excluding carboxylic acids is 1. The van der Waals surface area contributed by atoms with Crippen LogP contribution in [0.2, 0.25) is 5.02 Å². The second-order valence-electron chi connectivity index (χ2n) is 3.94. The van der Waals surface area contributed by atoms with Gasteiger partial charge in [-0.3, -0.25) is 4.79 Å². The summed E-state index contributed by atoms with van der Waals surface area (Å²) < 4.78 is 19.6. The summed E-state index contributed by atoms with van der Waals surface area (Å²) in [4.78, 5) is 10.7. The first-order valence-corrected chi connectivity index (χ1v) is 6.56. The Morgan fingerprint density at radius 2 is 2.00 bits per heavy atom. The molecule has 2 aromatic carbocycles. The van der Waals surface area contributed by atoms with Gasteiger partial charge in [0, 0.05) is 11.6 Å². The average Bonchev–Trinajstić information content (AvgIpc) is 2.38. The zero-order valence-corrected chi connectivity index (χ0v) is 12.3. The Bertz CT molecular complexity index is 644. The molecule has 2 rings (SSSR count). The zero-order chi connectivity index (χ0) is 14.0. The summed E-state index contributed by atoms with van der Waals surface area (Å²) in [6, 6.07) is 7.64. The summed E-state index contributed by atoms with van der Waals surface area (Å²) in [5.74, 6) is 0.318. The van der Waals surface area contributed by atoms with Crippen LogP contribution >= 0.6 is 27.5 Å². The SMILES string of the molecule is Cc1cc(C=O)ccc1Oc1cc(F)c(Cl)cc1Br. The van der Waals surface area contributed by atoms with Crippen LogP contribution in [0, 0.1) is 12.7 Å². The Morgan fingerprint density at radius 1 is 1.26 bits per heavy atom. The lowest BCUT2D eigenvalue weighted by Crippen LogP contribution is -1.91. The van der Waals surface area contributed by atoms with E-state index in [0.29, 0.717) is 21.5 Å². The number of halogens is 3. The first-order chi connectivity index (χ1) is 9.01. The fraction of sp³-hybridized carbons (Fsp3) is 0.0714. The Labute approximate surface area is 123 Å². The molecule has 2 aromatic rings. The van der Waals surface area contributed by atoms with Crippen LogP contribution in [0.4, 0.5) is 4.39 Å². The summed E-state index contributed by atoms with van der Waals surface area (Å²) in [5.41, 5.74) is 1.35. The summed E-state index contributed by atoms with van der Waals surface area (Å²) in [6.07, 6.45) is 0.759. The number of hydrogen-bond acceptors (Lipinski definition) is 2. The van der Waals surface area contributed by atoms with Crippen molar-refractivity contribution in [3.63, 3.8) is 0 Å². The van der Waals surface area contributed by atoms with Crippen molar-refractivity contribution in [2.24, 2.45) is 0 Å². The molecule has 0 N–H and O–H groups in total. The standard InChI is InChI=1S/C14H9BrClFO2/c1-8-4-9(7-18)2-3-13(8)19-14-6-12(17)11(16)5-10(14)15/h2-7H,1H3. The maximum atomic E-state index is 13.4. The van der Waals surface area contributed by atoms with Gasteiger partial charge >= 0.3 is 0 Å². The van der Waals surface area contributed by atoms with Gasteiger partial charge in [-0.05, 0) is 52.7 Å². The summed E-state index contributed by atoms with van der Waals surface area (Å²) in [6.45, 7) is 1.81. The monoisotopic (exact) mass is 342 g/mol. The van der Waals surface area contributed by atoms with Crippen LogP contribution in [0.5, 0.6) is 11.5 Å². The molecule has 0 spiro atoms. The molecule has 0 amide bonds. The van der Waals surface area contributed by atoms with Crippen molar-refractivity contribution in [2.45, 2.75) is 6.92 Å². The predicted octanol–water partition coefficient (Wildman–Crippen LogP) is 5.15. The van der Waals surface area contributed by atoms with Crippen molar-refractivity contribution in [3.8, 4) is 11.5 Å². The smallest absolute Gasteiger partial charge is 0.150 e. The molecule has 0 radical (unpaired) electrons. The van der Waals surface area contributed by atoms with Crippen molar-refractivity contribution in [1.82, 2.24) is 0 Å². The van der Waals surface area contributed by atoms with E-state index in [1.54, 1.807) is 18.2 Å². The number of rotatable bonds is 3. The first kappa shape index (κ1) is 14.0. The van der Waals surface area contributed by atoms with Gasteiger partial charge in [-0.15, -0.1) is 0 Å². The van der Waals surface area contributed by atoms with Crippen LogP contribution in [0.1, 0.15) is 15.9 Å². The molecule has 0 aliphatic rings. The first-order valence-electron chi connectivity index (χ1n) is 5.39. The Hall–Kier alpha value is -1.39. The molecule has 0 fully saturated rings. The topological polar surface area (TPSA) is 26.3 Å². The third-order valence-electron chi connectivity index (χ3n) is 2.53. The molecule has 0 unspecified atom stereocenters. The van der Waals surface area contributed by atoms with Crippen molar-refractivity contribution in [3.05, 3.63) is 56.8 Å². The van der Waals surface area contributed by atoms with E-state index in [0.717, 1.165) is 11.8 Å². The number of carbonyl (C=O) groups is 1. The average molecular weight is 344 g/mol. The van der Waals surface area contributed by atoms with Gasteiger partial charge in [-0.1, -0.05) is 11.6 Å². The quantitative estimate of drug-likeness (QED) is 0.569. The minimum atomic E-state index is -0.554. The van der Waals surface area contributed by atoms with E-state index in [1.807, 2.05) is 6.92 Å². The van der Waals surface area contributed by atoms with Gasteiger partial charge < -0.3 is 4.74 Å². The van der Waals surface area contributed by atoms with E-state index in [2.05, 4.69) is 15.9 Å². The molecular weight excluding hydrogens is 335 g/mol. The number of aldehydes is 1. The van der Waals surface area contributed by atoms with Crippen LogP contribution in [0.3, 0.4) is 0 Å². The normalized spacial score (nSPS) is 10.3. The van der Waals surface area contributed by atoms with Crippen molar-refractivity contribution < 1.29 is 13.9 Å². The third kappa shape index (κ3) is 3.14. The highest BCUT2D eigenvalue weighted by atomic mass is 79.9. The van der Waals surface area contributed by atoms with Crippen LogP contribution in [-0.2, 0) is 0 Å². The third-order valence-corrected chi connectivity index (χ3v) is 3.44. The molecule has 2 nitrogen and oxygen atoms in total. The van der Waals surface area contributed by atoms with Gasteiger partial charge in [0.1, 0.15) is 23.6 Å². The van der Waals surface area contributed by atoms with Gasteiger partial charge in [0.25, 0.3) is 0 Å². The predicted molar refractivity (Wildman–Crippen MR) is 75.8 cm³/mol. The lowest BCUT2D eigenvalue weighted by molar-refractivity contribution is 0.112. The molecular formula is C14H9BrClFO2. The molecule has 0 heterocycles. The molecule has 0 saturated carbocycles. The molecule has 0 aromatic heterocycles. The van der Waals surface area contributed by atoms with Crippen molar-refractivity contribution in [2.75, 3.05) is 0 Å². The van der Waals surface area contributed by atoms with Crippen LogP contribution < -0.4 is 4.74 Å². The molecule has 0 saturated heterocycles. The fourth-order valence-corrected chi connectivity index (χ4v) is 2.28. The molecule has 5 heteroatoms. The largest absolute Gasteiger partial charge is 0.456 e. The number of aryl methyl sites for hydroxylation is 1. The lowest BCUT2D eigenvalue weighted by atomic mass is 10.1. The molecule has 0 atom stereocenters. The van der Waals surface area contributed by atoms with E-state index in [1.165, 1.54) is 12.1 Å². The van der Waals surface area contributed by atoms with E-state index < -0.39 is 5.82 Å². The van der Waals surface area contributed by atoms with Gasteiger partial charge in [0.05, 0.1) is 9.50 Å². The summed E-state index contributed by atoms with van der Waals surface area (Å²) in [7, 11) is 0. The maximum absolute atomic E-state index is 13.4. The number of hydrogen-bond donors (Lipinski definition) is 0. The number of benzene rings is 2. The van der Waals surface area contributed by atoms with Gasteiger partial charge in [-0.25, -0.2) is 4.39 Å². The second-order valence-corrected chi connectivity index (χ2v) is 5.20. The van der Waals surface area contributed by atoms with Gasteiger partial charge in [0.15, 0.2) is 0 Å². The highest BCUT2D eigenvalue weighted by Crippen LogP contribution is 2.34. The van der Waals surface area contributed by atoms with Crippen LogP contribution in [-0.4, -0.2) is 6.29 Å². The summed E-state index contributed by atoms with van der Waals surface area (Å²) >= 11 is 8.92. The second kappa shape index (κ2) is 5.72. The molecule has 0 bridgehead atoms. The maximum Gasteiger partial charge on any atom is 0.150 e. The molecule has 19 heavy (non-hydrogen) atoms. The highest BCUT2D eigenvalue weighted by molar-refractivity contribution is 9.10.